The molecule has 18 heavy (non-hydrogen) atoms. The van der Waals surface area contributed by atoms with Gasteiger partial charge in [0.25, 0.3) is 0 Å². The number of rotatable bonds is 3. The van der Waals surface area contributed by atoms with E-state index >= 15 is 0 Å². The minimum Gasteiger partial charge on any atom is -0.324 e. The fourth-order valence-electron chi connectivity index (χ4n) is 2.43. The summed E-state index contributed by atoms with van der Waals surface area (Å²) in [6, 6.07) is 4.53. The summed E-state index contributed by atoms with van der Waals surface area (Å²) < 4.78 is 13.0. The first-order valence-electron chi connectivity index (χ1n) is 6.55. The van der Waals surface area contributed by atoms with E-state index in [1.807, 2.05) is 0 Å². The Morgan fingerprint density at radius 2 is 2.11 bits per heavy atom. The lowest BCUT2D eigenvalue weighted by Gasteiger charge is -2.16. The van der Waals surface area contributed by atoms with E-state index in [1.54, 1.807) is 6.07 Å². The summed E-state index contributed by atoms with van der Waals surface area (Å²) in [6.45, 7) is 0. The molecular formula is C15H19ClFN. The lowest BCUT2D eigenvalue weighted by atomic mass is 9.96. The summed E-state index contributed by atoms with van der Waals surface area (Å²) in [7, 11) is 0. The van der Waals surface area contributed by atoms with Gasteiger partial charge in [0.2, 0.25) is 0 Å². The third-order valence-electron chi connectivity index (χ3n) is 3.51. The molecule has 1 aliphatic carbocycles. The molecule has 3 heteroatoms. The Morgan fingerprint density at radius 3 is 2.89 bits per heavy atom. The molecular weight excluding hydrogens is 249 g/mol. The van der Waals surface area contributed by atoms with Crippen LogP contribution >= 0.6 is 11.6 Å². The van der Waals surface area contributed by atoms with Gasteiger partial charge in [-0.05, 0) is 49.8 Å². The molecule has 2 rings (SSSR count). The van der Waals surface area contributed by atoms with Crippen LogP contribution < -0.4 is 5.73 Å². The van der Waals surface area contributed by atoms with E-state index in [9.17, 15) is 4.39 Å². The predicted molar refractivity (Wildman–Crippen MR) is 74.3 cm³/mol. The van der Waals surface area contributed by atoms with Gasteiger partial charge in [0.15, 0.2) is 0 Å². The zero-order valence-corrected chi connectivity index (χ0v) is 11.2. The quantitative estimate of drug-likeness (QED) is 0.815. The molecule has 0 aromatic heterocycles. The van der Waals surface area contributed by atoms with E-state index in [4.69, 9.17) is 17.3 Å². The Morgan fingerprint density at radius 1 is 1.28 bits per heavy atom. The van der Waals surface area contributed by atoms with Crippen LogP contribution in [0.3, 0.4) is 0 Å². The lowest BCUT2D eigenvalue weighted by molar-refractivity contribution is 0.625. The van der Waals surface area contributed by atoms with E-state index in [1.165, 1.54) is 37.0 Å². The highest BCUT2D eigenvalue weighted by molar-refractivity contribution is 6.31. The van der Waals surface area contributed by atoms with Gasteiger partial charge >= 0.3 is 0 Å². The molecule has 1 aromatic rings. The van der Waals surface area contributed by atoms with Crippen LogP contribution in [-0.4, -0.2) is 6.04 Å². The van der Waals surface area contributed by atoms with Gasteiger partial charge in [0, 0.05) is 11.1 Å². The molecule has 0 saturated heterocycles. The van der Waals surface area contributed by atoms with Crippen molar-refractivity contribution in [3.8, 4) is 0 Å². The molecule has 0 amide bonds. The molecule has 0 spiro atoms. The summed E-state index contributed by atoms with van der Waals surface area (Å²) in [5, 5.41) is 0.472. The SMILES string of the molecule is NC(Cc1ccc(F)cc1Cl)C1=CCCCCC1. The third-order valence-corrected chi connectivity index (χ3v) is 3.86. The van der Waals surface area contributed by atoms with Crippen molar-refractivity contribution in [2.75, 3.05) is 0 Å². The van der Waals surface area contributed by atoms with Gasteiger partial charge in [-0.3, -0.25) is 0 Å². The van der Waals surface area contributed by atoms with Crippen LogP contribution in [0.25, 0.3) is 0 Å². The second kappa shape index (κ2) is 6.35. The summed E-state index contributed by atoms with van der Waals surface area (Å²) >= 11 is 6.03. The molecule has 0 fully saturated rings. The van der Waals surface area contributed by atoms with Crippen LogP contribution in [0.1, 0.15) is 37.7 Å². The van der Waals surface area contributed by atoms with E-state index < -0.39 is 0 Å². The van der Waals surface area contributed by atoms with Crippen LogP contribution in [-0.2, 0) is 6.42 Å². The lowest BCUT2D eigenvalue weighted by Crippen LogP contribution is -2.25. The van der Waals surface area contributed by atoms with Crippen LogP contribution in [0.15, 0.2) is 29.8 Å². The summed E-state index contributed by atoms with van der Waals surface area (Å²) in [6.07, 6.45) is 8.93. The predicted octanol–water partition coefficient (Wildman–Crippen LogP) is 4.24. The second-order valence-corrected chi connectivity index (χ2v) is 5.33. The summed E-state index contributed by atoms with van der Waals surface area (Å²) in [5.74, 6) is -0.300. The molecule has 0 heterocycles. The molecule has 0 bridgehead atoms. The van der Waals surface area contributed by atoms with E-state index in [0.717, 1.165) is 18.4 Å². The maximum atomic E-state index is 13.0. The molecule has 1 nitrogen and oxygen atoms in total. The second-order valence-electron chi connectivity index (χ2n) is 4.92. The summed E-state index contributed by atoms with van der Waals surface area (Å²) in [4.78, 5) is 0. The van der Waals surface area contributed by atoms with Gasteiger partial charge in [-0.1, -0.05) is 35.7 Å². The minimum absolute atomic E-state index is 0.00561. The van der Waals surface area contributed by atoms with Crippen LogP contribution in [0.4, 0.5) is 4.39 Å². The van der Waals surface area contributed by atoms with Gasteiger partial charge < -0.3 is 5.73 Å². The van der Waals surface area contributed by atoms with Gasteiger partial charge in [0.1, 0.15) is 5.82 Å². The molecule has 98 valence electrons. The van der Waals surface area contributed by atoms with E-state index in [0.29, 0.717) is 11.4 Å². The fourth-order valence-corrected chi connectivity index (χ4v) is 2.68. The van der Waals surface area contributed by atoms with Crippen LogP contribution in [0.2, 0.25) is 5.02 Å². The van der Waals surface area contributed by atoms with E-state index in [2.05, 4.69) is 6.08 Å². The topological polar surface area (TPSA) is 26.0 Å². The zero-order valence-electron chi connectivity index (χ0n) is 10.5. The molecule has 0 aliphatic heterocycles. The number of halogens is 2. The molecule has 1 aromatic carbocycles. The standard InChI is InChI=1S/C15H19ClFN/c16-14-10-13(17)8-7-12(14)9-15(18)11-5-3-1-2-4-6-11/h5,7-8,10,15H,1-4,6,9,18H2. The number of hydrogen-bond donors (Lipinski definition) is 1. The normalized spacial score (nSPS) is 18.1. The molecule has 2 N–H and O–H groups in total. The van der Waals surface area contributed by atoms with Crippen LogP contribution in [0, 0.1) is 5.82 Å². The molecule has 0 saturated carbocycles. The molecule has 1 aliphatic rings. The average molecular weight is 268 g/mol. The van der Waals surface area contributed by atoms with Crippen molar-refractivity contribution in [3.05, 3.63) is 46.3 Å². The molecule has 1 atom stereocenters. The third kappa shape index (κ3) is 3.56. The highest BCUT2D eigenvalue weighted by Gasteiger charge is 2.13. The smallest absolute Gasteiger partial charge is 0.124 e. The Kier molecular flexibility index (Phi) is 4.79. The summed E-state index contributed by atoms with van der Waals surface area (Å²) in [5.41, 5.74) is 8.49. The monoisotopic (exact) mass is 267 g/mol. The number of hydrogen-bond acceptors (Lipinski definition) is 1. The van der Waals surface area contributed by atoms with Gasteiger partial charge in [-0.25, -0.2) is 4.39 Å². The van der Waals surface area contributed by atoms with Crippen molar-refractivity contribution < 1.29 is 4.39 Å². The van der Waals surface area contributed by atoms with Crippen molar-refractivity contribution in [2.45, 2.75) is 44.6 Å². The van der Waals surface area contributed by atoms with Crippen molar-refractivity contribution in [3.63, 3.8) is 0 Å². The Hall–Kier alpha value is -0.860. The first kappa shape index (κ1) is 13.6. The minimum atomic E-state index is -0.300. The number of nitrogens with two attached hydrogens (primary N) is 1. The van der Waals surface area contributed by atoms with Crippen LogP contribution in [0.5, 0.6) is 0 Å². The first-order valence-corrected chi connectivity index (χ1v) is 6.93. The molecule has 0 radical (unpaired) electrons. The number of allylic oxidation sites excluding steroid dienone is 1. The van der Waals surface area contributed by atoms with Gasteiger partial charge in [-0.15, -0.1) is 0 Å². The van der Waals surface area contributed by atoms with Crippen molar-refractivity contribution in [1.82, 2.24) is 0 Å². The maximum absolute atomic E-state index is 13.0. The zero-order chi connectivity index (χ0) is 13.0. The highest BCUT2D eigenvalue weighted by Crippen LogP contribution is 2.24. The van der Waals surface area contributed by atoms with E-state index in [-0.39, 0.29) is 11.9 Å². The largest absolute Gasteiger partial charge is 0.324 e. The van der Waals surface area contributed by atoms with Crippen molar-refractivity contribution in [1.29, 1.82) is 0 Å². The van der Waals surface area contributed by atoms with Crippen molar-refractivity contribution in [2.24, 2.45) is 5.73 Å². The number of benzene rings is 1. The Labute approximate surface area is 113 Å². The fraction of sp³-hybridized carbons (Fsp3) is 0.467. The maximum Gasteiger partial charge on any atom is 0.124 e. The average Bonchev–Trinajstić information content (AvgIpc) is 2.61. The van der Waals surface area contributed by atoms with Gasteiger partial charge in [-0.2, -0.15) is 0 Å². The van der Waals surface area contributed by atoms with Gasteiger partial charge in [0.05, 0.1) is 0 Å². The molecule has 1 unspecified atom stereocenters. The highest BCUT2D eigenvalue weighted by atomic mass is 35.5. The Bertz CT molecular complexity index is 442. The Balaban J connectivity index is 2.05. The first-order chi connectivity index (χ1) is 8.66. The van der Waals surface area contributed by atoms with Crippen molar-refractivity contribution >= 4 is 11.6 Å².